The maximum Gasteiger partial charge on any atom is -0.00573 e. The third kappa shape index (κ3) is 1.70. The van der Waals surface area contributed by atoms with Crippen LogP contribution in [0.25, 0.3) is 0 Å². The van der Waals surface area contributed by atoms with Gasteiger partial charge < -0.3 is 0 Å². The summed E-state index contributed by atoms with van der Waals surface area (Å²) in [4.78, 5) is 0. The third-order valence-corrected chi connectivity index (χ3v) is 8.52. The molecule has 0 radical (unpaired) electrons. The molecule has 1 fully saturated rings. The van der Waals surface area contributed by atoms with Gasteiger partial charge in [-0.2, -0.15) is 0 Å². The van der Waals surface area contributed by atoms with Gasteiger partial charge in [0.1, 0.15) is 0 Å². The van der Waals surface area contributed by atoms with Crippen molar-refractivity contribution in [2.45, 2.75) is 38.5 Å². The highest BCUT2D eigenvalue weighted by molar-refractivity contribution is 8.17. The Kier molecular flexibility index (Phi) is 2.68. The molecule has 1 aromatic heterocycles. The van der Waals surface area contributed by atoms with Crippen molar-refractivity contribution < 1.29 is 0 Å². The molecule has 0 bridgehead atoms. The lowest BCUT2D eigenvalue weighted by Gasteiger charge is -2.06. The van der Waals surface area contributed by atoms with Gasteiger partial charge in [0.15, 0.2) is 0 Å². The second-order valence-electron chi connectivity index (χ2n) is 3.28. The van der Waals surface area contributed by atoms with Crippen LogP contribution in [0.3, 0.4) is 0 Å². The van der Waals surface area contributed by atoms with E-state index in [1.54, 1.807) is 21.0 Å². The summed E-state index contributed by atoms with van der Waals surface area (Å²) in [6.07, 6.45) is 5.94. The summed E-state index contributed by atoms with van der Waals surface area (Å²) in [6.45, 7) is 2.34. The molecule has 1 atom stereocenters. The second kappa shape index (κ2) is 3.57. The van der Waals surface area contributed by atoms with Crippen molar-refractivity contribution in [3.63, 3.8) is 0 Å². The molecule has 11 heavy (non-hydrogen) atoms. The Bertz CT molecular complexity index is 235. The number of rotatable bonds is 1. The first-order valence-corrected chi connectivity index (χ1v) is 8.72. The molecule has 1 aliphatic rings. The molecule has 0 N–H and O–H groups in total. The lowest BCUT2D eigenvalue weighted by Crippen LogP contribution is -1.87. The summed E-state index contributed by atoms with van der Waals surface area (Å²) < 4.78 is 0. The van der Waals surface area contributed by atoms with Crippen LogP contribution in [0.4, 0.5) is 0 Å². The van der Waals surface area contributed by atoms with Gasteiger partial charge in [-0.05, 0) is 52.0 Å². The summed E-state index contributed by atoms with van der Waals surface area (Å²) in [7, 11) is 4.48. The van der Waals surface area contributed by atoms with E-state index in [0.29, 0.717) is 0 Å². The molecule has 0 aromatic carbocycles. The highest BCUT2D eigenvalue weighted by atomic mass is 32.1. The minimum Gasteiger partial charge on any atom is -0.0813 e. The van der Waals surface area contributed by atoms with Crippen LogP contribution >= 0.6 is 23.3 Å². The van der Waals surface area contributed by atoms with Crippen molar-refractivity contribution in [3.05, 3.63) is 10.6 Å². The lowest BCUT2D eigenvalue weighted by molar-refractivity contribution is 0.736. The van der Waals surface area contributed by atoms with E-state index < -0.39 is 0 Å². The van der Waals surface area contributed by atoms with Crippen LogP contribution in [0.1, 0.15) is 42.2 Å². The van der Waals surface area contributed by atoms with Crippen LogP contribution in [0, 0.1) is 6.92 Å². The van der Waals surface area contributed by atoms with Gasteiger partial charge in [0.05, 0.1) is 0 Å². The zero-order valence-corrected chi connectivity index (χ0v) is 9.59. The summed E-state index contributed by atoms with van der Waals surface area (Å²) in [5.74, 6) is 0.999. The molecule has 0 amide bonds. The first kappa shape index (κ1) is 8.25. The first-order chi connectivity index (χ1) is 5.38. The summed E-state index contributed by atoms with van der Waals surface area (Å²) in [5.41, 5.74) is 0. The Morgan fingerprint density at radius 2 is 2.00 bits per heavy atom. The van der Waals surface area contributed by atoms with Gasteiger partial charge in [0.2, 0.25) is 0 Å². The van der Waals surface area contributed by atoms with E-state index in [1.807, 2.05) is 5.30 Å². The van der Waals surface area contributed by atoms with Crippen LogP contribution in [-0.2, 0) is 0 Å². The summed E-state index contributed by atoms with van der Waals surface area (Å²) >= 11 is 0. The van der Waals surface area contributed by atoms with Gasteiger partial charge in [0, 0.05) is 0 Å². The van der Waals surface area contributed by atoms with Crippen molar-refractivity contribution in [1.29, 1.82) is 0 Å². The van der Waals surface area contributed by atoms with E-state index in [9.17, 15) is 0 Å². The van der Waals surface area contributed by atoms with Gasteiger partial charge in [-0.1, -0.05) is 20.4 Å². The van der Waals surface area contributed by atoms with Gasteiger partial charge >= 0.3 is 0 Å². The number of aryl methyl sites for hydroxylation is 1. The van der Waals surface area contributed by atoms with Gasteiger partial charge in [-0.25, -0.2) is 0 Å². The maximum absolute atomic E-state index is 2.34. The Balaban J connectivity index is 2.21. The standard InChI is InChI=1S/C8H13P3/c1-6-8(10-11-9-6)7-4-2-3-5-7/h7,11H,2-5H2,1H3. The van der Waals surface area contributed by atoms with E-state index in [0.717, 1.165) is 5.92 Å². The van der Waals surface area contributed by atoms with E-state index in [1.165, 1.54) is 33.2 Å². The third-order valence-electron chi connectivity index (χ3n) is 2.50. The van der Waals surface area contributed by atoms with Crippen molar-refractivity contribution in [2.75, 3.05) is 0 Å². The van der Waals surface area contributed by atoms with E-state index in [-0.39, 0.29) is 0 Å². The fraction of sp³-hybridized carbons (Fsp3) is 0.750. The van der Waals surface area contributed by atoms with Gasteiger partial charge in [-0.15, -0.1) is 0 Å². The topological polar surface area (TPSA) is 0 Å². The first-order valence-electron chi connectivity index (χ1n) is 4.25. The zero-order valence-electron chi connectivity index (χ0n) is 6.80. The highest BCUT2D eigenvalue weighted by Gasteiger charge is 2.19. The molecule has 0 saturated heterocycles. The molecule has 3 heteroatoms. The molecule has 2 rings (SSSR count). The second-order valence-corrected chi connectivity index (χ2v) is 8.82. The SMILES string of the molecule is Cc1p[pH]pc1C1CCCC1. The molecule has 1 saturated carbocycles. The maximum atomic E-state index is 2.34. The zero-order chi connectivity index (χ0) is 7.68. The van der Waals surface area contributed by atoms with E-state index in [4.69, 9.17) is 0 Å². The van der Waals surface area contributed by atoms with Gasteiger partial charge in [0.25, 0.3) is 0 Å². The highest BCUT2D eigenvalue weighted by Crippen LogP contribution is 2.49. The van der Waals surface area contributed by atoms with E-state index >= 15 is 0 Å². The van der Waals surface area contributed by atoms with Crippen molar-refractivity contribution >= 4 is 23.3 Å². The smallest absolute Gasteiger partial charge is 0.00573 e. The molecular formula is C8H13P3. The van der Waals surface area contributed by atoms with Crippen molar-refractivity contribution in [1.82, 2.24) is 0 Å². The Hall–Kier alpha value is 0.640. The minimum atomic E-state index is 0.999. The lowest BCUT2D eigenvalue weighted by atomic mass is 10.1. The van der Waals surface area contributed by atoms with Crippen LogP contribution in [-0.4, -0.2) is 0 Å². The summed E-state index contributed by atoms with van der Waals surface area (Å²) in [6, 6.07) is 0. The fourth-order valence-electron chi connectivity index (χ4n) is 1.88. The molecular weight excluding hydrogens is 189 g/mol. The number of hydrogen-bond acceptors (Lipinski definition) is 0. The average Bonchev–Trinajstić information content (AvgIpc) is 2.55. The van der Waals surface area contributed by atoms with E-state index in [2.05, 4.69) is 6.92 Å². The molecule has 1 heterocycles. The monoisotopic (exact) mass is 202 g/mol. The van der Waals surface area contributed by atoms with Crippen molar-refractivity contribution in [3.8, 4) is 0 Å². The Morgan fingerprint density at radius 1 is 1.27 bits per heavy atom. The summed E-state index contributed by atoms with van der Waals surface area (Å²) in [5, 5.41) is 3.53. The number of hydrogen-bond donors (Lipinski definition) is 0. The van der Waals surface area contributed by atoms with Crippen LogP contribution in [0.5, 0.6) is 0 Å². The molecule has 60 valence electrons. The van der Waals surface area contributed by atoms with Crippen molar-refractivity contribution in [2.24, 2.45) is 0 Å². The minimum absolute atomic E-state index is 0.999. The largest absolute Gasteiger partial charge is 0.0813 e. The predicted octanol–water partition coefficient (Wildman–Crippen LogP) is 4.84. The molecule has 0 nitrogen and oxygen atoms in total. The van der Waals surface area contributed by atoms with Crippen LogP contribution in [0.2, 0.25) is 0 Å². The Morgan fingerprint density at radius 3 is 2.55 bits per heavy atom. The molecule has 1 aromatic rings. The molecule has 0 spiro atoms. The average molecular weight is 202 g/mol. The van der Waals surface area contributed by atoms with Gasteiger partial charge in [-0.3, -0.25) is 0 Å². The predicted molar refractivity (Wildman–Crippen MR) is 56.9 cm³/mol. The molecule has 0 aliphatic heterocycles. The Labute approximate surface area is 72.9 Å². The normalized spacial score (nSPS) is 21.5. The molecule has 1 unspecified atom stereocenters. The molecule has 1 aliphatic carbocycles. The fourth-order valence-corrected chi connectivity index (χ4v) is 9.06. The van der Waals surface area contributed by atoms with Crippen LogP contribution in [0.15, 0.2) is 0 Å². The van der Waals surface area contributed by atoms with Crippen LogP contribution < -0.4 is 0 Å². The quantitative estimate of drug-likeness (QED) is 0.610.